The molecular formula is C47H51N3O9S2Si. The molecule has 12 nitrogen and oxygen atoms in total. The molecule has 0 unspecified atom stereocenters. The zero-order valence-corrected chi connectivity index (χ0v) is 38.4. The number of fused-ring (bicyclic) bond motifs is 1. The number of non-ortho nitro benzene ring substituents is 1. The molecule has 5 aromatic carbocycles. The molecule has 0 bridgehead atoms. The minimum Gasteiger partial charge on any atom is -0.465 e. The molecule has 62 heavy (non-hydrogen) atoms. The van der Waals surface area contributed by atoms with E-state index in [-0.39, 0.29) is 34.2 Å². The zero-order chi connectivity index (χ0) is 45.0. The molecule has 1 heterocycles. The fraction of sp³-hybridized carbons (Fsp3) is 0.255. The van der Waals surface area contributed by atoms with Crippen molar-refractivity contribution >= 4 is 61.3 Å². The van der Waals surface area contributed by atoms with Gasteiger partial charge in [0, 0.05) is 29.6 Å². The van der Waals surface area contributed by atoms with E-state index in [0.29, 0.717) is 22.1 Å². The Morgan fingerprint density at radius 1 is 0.823 bits per heavy atom. The molecule has 0 amide bonds. The molecule has 0 aliphatic rings. The average molecular weight is 894 g/mol. The number of nitro benzene ring substituents is 1. The second-order valence-corrected chi connectivity index (χ2v) is 24.2. The third kappa shape index (κ3) is 9.22. The lowest BCUT2D eigenvalue weighted by atomic mass is 9.88. The Labute approximate surface area is 364 Å². The molecule has 0 saturated heterocycles. The summed E-state index contributed by atoms with van der Waals surface area (Å²) in [6.45, 7) is 13.4. The van der Waals surface area contributed by atoms with Crippen LogP contribution in [0.1, 0.15) is 64.2 Å². The van der Waals surface area contributed by atoms with E-state index in [1.165, 1.54) is 22.3 Å². The largest absolute Gasteiger partial charge is 0.465 e. The minimum atomic E-state index is -4.54. The van der Waals surface area contributed by atoms with Crippen molar-refractivity contribution in [3.63, 3.8) is 0 Å². The van der Waals surface area contributed by atoms with Crippen LogP contribution in [0.2, 0.25) is 5.04 Å². The van der Waals surface area contributed by atoms with Gasteiger partial charge in [0.25, 0.3) is 24.0 Å². The number of benzene rings is 5. The summed E-state index contributed by atoms with van der Waals surface area (Å²) < 4.78 is 74.3. The number of allylic oxidation sites excluding steroid dienone is 1. The lowest BCUT2D eigenvalue weighted by molar-refractivity contribution is -0.384. The lowest BCUT2D eigenvalue weighted by Gasteiger charge is -2.43. The molecule has 0 aliphatic carbocycles. The molecule has 0 spiro atoms. The summed E-state index contributed by atoms with van der Waals surface area (Å²) in [5.41, 5.74) is 2.47. The van der Waals surface area contributed by atoms with Crippen LogP contribution >= 0.6 is 0 Å². The van der Waals surface area contributed by atoms with Crippen molar-refractivity contribution in [2.45, 2.75) is 81.9 Å². The molecule has 1 aromatic heterocycles. The van der Waals surface area contributed by atoms with E-state index in [9.17, 15) is 31.7 Å². The van der Waals surface area contributed by atoms with Gasteiger partial charge in [-0.3, -0.25) is 14.9 Å². The van der Waals surface area contributed by atoms with Crippen molar-refractivity contribution in [1.29, 1.82) is 0 Å². The zero-order valence-electron chi connectivity index (χ0n) is 35.7. The summed E-state index contributed by atoms with van der Waals surface area (Å²) in [5, 5.41) is 13.5. The SMILES string of the molecule is CCOC(=O)[C@@H](NS(=O)(=O)c1ccc([N+](=O)[O-])cc1)[C@H](C=C(C)C)c1cn(S(=O)(=O)c2ccc(C)cc2)c2cccc(CO[Si](c3ccccc3)(c3ccccc3)C(C)(C)C)c12. The Balaban J connectivity index is 1.62. The molecule has 0 saturated carbocycles. The summed E-state index contributed by atoms with van der Waals surface area (Å²) in [4.78, 5) is 24.6. The second kappa shape index (κ2) is 18.3. The van der Waals surface area contributed by atoms with Crippen molar-refractivity contribution in [1.82, 2.24) is 8.69 Å². The number of hydrogen-bond acceptors (Lipinski definition) is 9. The molecule has 0 fully saturated rings. The fourth-order valence-electron chi connectivity index (χ4n) is 7.91. The van der Waals surface area contributed by atoms with Crippen LogP contribution in [-0.2, 0) is 40.6 Å². The Morgan fingerprint density at radius 3 is 1.90 bits per heavy atom. The van der Waals surface area contributed by atoms with Gasteiger partial charge in [-0.1, -0.05) is 123 Å². The van der Waals surface area contributed by atoms with Crippen molar-refractivity contribution in [2.24, 2.45) is 0 Å². The van der Waals surface area contributed by atoms with Crippen LogP contribution in [0, 0.1) is 17.0 Å². The van der Waals surface area contributed by atoms with E-state index in [4.69, 9.17) is 9.16 Å². The summed E-state index contributed by atoms with van der Waals surface area (Å²) in [6, 6.07) is 34.6. The highest BCUT2D eigenvalue weighted by molar-refractivity contribution is 7.90. The number of nitro groups is 1. The van der Waals surface area contributed by atoms with Gasteiger partial charge in [-0.05, 0) is 84.6 Å². The maximum absolute atomic E-state index is 14.7. The van der Waals surface area contributed by atoms with Gasteiger partial charge in [0.1, 0.15) is 6.04 Å². The van der Waals surface area contributed by atoms with Crippen LogP contribution in [0.5, 0.6) is 0 Å². The van der Waals surface area contributed by atoms with Crippen LogP contribution in [0.15, 0.2) is 155 Å². The van der Waals surface area contributed by atoms with E-state index < -0.39 is 56.3 Å². The molecule has 324 valence electrons. The van der Waals surface area contributed by atoms with Crippen LogP contribution < -0.4 is 15.1 Å². The number of hydrogen-bond donors (Lipinski definition) is 1. The Kier molecular flexibility index (Phi) is 13.5. The van der Waals surface area contributed by atoms with Gasteiger partial charge >= 0.3 is 5.97 Å². The first-order chi connectivity index (χ1) is 29.3. The van der Waals surface area contributed by atoms with Gasteiger partial charge in [0.05, 0.1) is 33.4 Å². The number of esters is 1. The van der Waals surface area contributed by atoms with Gasteiger partial charge in [0.15, 0.2) is 0 Å². The number of nitrogens with zero attached hydrogens (tertiary/aromatic N) is 2. The number of carbonyl (C=O) groups is 1. The summed E-state index contributed by atoms with van der Waals surface area (Å²) in [6.07, 6.45) is 3.15. The summed E-state index contributed by atoms with van der Waals surface area (Å²) in [7, 11) is -12.0. The molecule has 6 aromatic rings. The normalized spacial score (nSPS) is 13.3. The van der Waals surface area contributed by atoms with Crippen LogP contribution in [0.3, 0.4) is 0 Å². The maximum Gasteiger partial charge on any atom is 0.325 e. The number of sulfonamides is 1. The van der Waals surface area contributed by atoms with E-state index in [0.717, 1.165) is 40.2 Å². The van der Waals surface area contributed by atoms with Crippen LogP contribution in [0.25, 0.3) is 10.9 Å². The molecule has 0 aliphatic heterocycles. The minimum absolute atomic E-state index is 0.0202. The molecular weight excluding hydrogens is 843 g/mol. The molecule has 15 heteroatoms. The highest BCUT2D eigenvalue weighted by atomic mass is 32.2. The standard InChI is InChI=1S/C47H51N3O9S2Si/c1-8-58-46(51)45(48-60(54,55)37-28-24-36(25-29-37)50(52)53)41(30-33(2)3)42-31-49(61(56,57)38-26-22-34(4)23-27-38)43-21-15-16-35(44(42)43)32-59-62(47(5,6)7,39-17-11-9-12-18-39)40-19-13-10-14-20-40/h9-31,41,45,48H,8,32H2,1-7H3/t41-,45+/m1/s1. The maximum atomic E-state index is 14.7. The van der Waals surface area contributed by atoms with Crippen LogP contribution in [0.4, 0.5) is 5.69 Å². The monoisotopic (exact) mass is 893 g/mol. The summed E-state index contributed by atoms with van der Waals surface area (Å²) in [5.74, 6) is -2.05. The van der Waals surface area contributed by atoms with Crippen molar-refractivity contribution in [3.05, 3.63) is 172 Å². The highest BCUT2D eigenvalue weighted by Gasteiger charge is 2.50. The first kappa shape index (κ1) is 45.8. The van der Waals surface area contributed by atoms with Gasteiger partial charge < -0.3 is 9.16 Å². The first-order valence-electron chi connectivity index (χ1n) is 20.1. The number of aromatic nitrogens is 1. The first-order valence-corrected chi connectivity index (χ1v) is 24.9. The number of aryl methyl sites for hydroxylation is 1. The van der Waals surface area contributed by atoms with Gasteiger partial charge in [-0.2, -0.15) is 4.72 Å². The van der Waals surface area contributed by atoms with Crippen molar-refractivity contribution in [3.8, 4) is 0 Å². The topological polar surface area (TPSA) is 164 Å². The summed E-state index contributed by atoms with van der Waals surface area (Å²) >= 11 is 0. The molecule has 0 radical (unpaired) electrons. The van der Waals surface area contributed by atoms with E-state index in [1.807, 2.05) is 49.4 Å². The molecule has 6 rings (SSSR count). The Hall–Kier alpha value is -5.71. The molecule has 1 N–H and O–H groups in total. The van der Waals surface area contributed by atoms with E-state index in [2.05, 4.69) is 49.8 Å². The number of nitrogens with one attached hydrogen (secondary N) is 1. The Bertz CT molecular complexity index is 2780. The quantitative estimate of drug-likeness (QED) is 0.0332. The van der Waals surface area contributed by atoms with Crippen molar-refractivity contribution in [2.75, 3.05) is 6.61 Å². The third-order valence-electron chi connectivity index (χ3n) is 10.8. The van der Waals surface area contributed by atoms with Crippen LogP contribution in [-0.4, -0.2) is 52.7 Å². The predicted molar refractivity (Wildman–Crippen MR) is 244 cm³/mol. The third-order valence-corrected chi connectivity index (χ3v) is 18.9. The van der Waals surface area contributed by atoms with E-state index in [1.54, 1.807) is 51.1 Å². The Morgan fingerprint density at radius 2 is 1.39 bits per heavy atom. The molecule has 2 atom stereocenters. The average Bonchev–Trinajstić information content (AvgIpc) is 3.64. The lowest BCUT2D eigenvalue weighted by Crippen LogP contribution is -2.66. The van der Waals surface area contributed by atoms with E-state index >= 15 is 0 Å². The fourth-order valence-corrected chi connectivity index (χ4v) is 15.0. The number of carbonyl (C=O) groups excluding carboxylic acids is 1. The van der Waals surface area contributed by atoms with Gasteiger partial charge in [-0.25, -0.2) is 20.8 Å². The predicted octanol–water partition coefficient (Wildman–Crippen LogP) is 8.13. The number of ether oxygens (including phenoxy) is 1. The smallest absolute Gasteiger partial charge is 0.325 e. The number of rotatable bonds is 16. The van der Waals surface area contributed by atoms with Gasteiger partial charge in [-0.15, -0.1) is 0 Å². The van der Waals surface area contributed by atoms with Crippen molar-refractivity contribution < 1.29 is 35.7 Å². The highest BCUT2D eigenvalue weighted by Crippen LogP contribution is 2.40. The van der Waals surface area contributed by atoms with Gasteiger partial charge in [0.2, 0.25) is 10.0 Å². The second-order valence-electron chi connectivity index (χ2n) is 16.3.